The van der Waals surface area contributed by atoms with Crippen LogP contribution in [0, 0.1) is 0 Å². The molecule has 1 atom stereocenters. The first-order chi connectivity index (χ1) is 4.81. The fraction of sp³-hybridized carbons (Fsp3) is 0.857. The highest BCUT2D eigenvalue weighted by molar-refractivity contribution is 5.67. The molecule has 2 N–H and O–H groups in total. The second-order valence-corrected chi connectivity index (χ2v) is 3.72. The van der Waals surface area contributed by atoms with Crippen LogP contribution in [0.25, 0.3) is 0 Å². The maximum Gasteiger partial charge on any atom is 0.306 e. The third-order valence-electron chi connectivity index (χ3n) is 1.17. The molecule has 0 rings (SSSR count). The van der Waals surface area contributed by atoms with Crippen LogP contribution in [0.15, 0.2) is 0 Å². The summed E-state index contributed by atoms with van der Waals surface area (Å²) in [6, 6.07) is 0. The predicted molar refractivity (Wildman–Crippen MR) is 41.2 cm³/mol. The summed E-state index contributed by atoms with van der Waals surface area (Å²) in [6.07, 6.45) is -0.914. The molecule has 66 valence electrons. The summed E-state index contributed by atoms with van der Waals surface area (Å²) in [7, 11) is 5.72. The fourth-order valence-electron chi connectivity index (χ4n) is 0.898. The molecule has 0 unspecified atom stereocenters. The first-order valence-corrected chi connectivity index (χ1v) is 3.51. The number of carboxylic acid groups (broad SMARTS) is 1. The van der Waals surface area contributed by atoms with Gasteiger partial charge in [-0.25, -0.2) is 0 Å². The van der Waals surface area contributed by atoms with Gasteiger partial charge in [-0.1, -0.05) is 0 Å². The van der Waals surface area contributed by atoms with Crippen molar-refractivity contribution in [2.45, 2.75) is 12.5 Å². The van der Waals surface area contributed by atoms with E-state index in [1.165, 1.54) is 0 Å². The third-order valence-corrected chi connectivity index (χ3v) is 1.17. The van der Waals surface area contributed by atoms with Crippen LogP contribution in [0.3, 0.4) is 0 Å². The van der Waals surface area contributed by atoms with Crippen molar-refractivity contribution in [3.8, 4) is 0 Å². The zero-order chi connectivity index (χ0) is 9.07. The number of hydrogen-bond donors (Lipinski definition) is 2. The number of rotatable bonds is 4. The highest BCUT2D eigenvalue weighted by Crippen LogP contribution is 1.98. The molecule has 0 aliphatic rings. The molecule has 0 heterocycles. The van der Waals surface area contributed by atoms with E-state index in [2.05, 4.69) is 0 Å². The molecule has 0 aromatic carbocycles. The van der Waals surface area contributed by atoms with E-state index in [1.54, 1.807) is 0 Å². The number of aliphatic carboxylic acids is 1. The number of aliphatic hydroxyl groups excluding tert-OH is 1. The summed E-state index contributed by atoms with van der Waals surface area (Å²) in [5.74, 6) is -0.953. The monoisotopic (exact) mass is 168 g/mol. The molecule has 0 fully saturated rings. The number of nitrogens with zero attached hydrogens (tertiary/aromatic N) is 1. The van der Waals surface area contributed by atoms with E-state index in [0.29, 0.717) is 11.0 Å². The van der Waals surface area contributed by atoms with Crippen molar-refractivity contribution in [2.75, 3.05) is 27.7 Å². The number of hydrogen-bond acceptors (Lipinski definition) is 2. The number of quaternary nitrogens is 1. The average Bonchev–Trinajstić information content (AvgIpc) is 1.53. The Balaban J connectivity index is 3.69. The number of carboxylic acids is 1. The van der Waals surface area contributed by atoms with Crippen LogP contribution in [0.5, 0.6) is 0 Å². The predicted octanol–water partition coefficient (Wildman–Crippen LogP) is -0.472. The summed E-state index contributed by atoms with van der Waals surface area (Å²) in [6.45, 7) is 0.465. The average molecular weight is 168 g/mol. The van der Waals surface area contributed by atoms with Crippen molar-refractivity contribution in [3.63, 3.8) is 0 Å². The Morgan fingerprint density at radius 3 is 2.18 bits per heavy atom. The van der Waals surface area contributed by atoms with Crippen LogP contribution in [0.1, 0.15) is 6.42 Å². The van der Waals surface area contributed by atoms with Crippen LogP contribution in [-0.2, 0) is 4.79 Å². The van der Waals surface area contributed by atoms with E-state index < -0.39 is 12.1 Å². The topological polar surface area (TPSA) is 57.5 Å². The van der Waals surface area contributed by atoms with Crippen molar-refractivity contribution in [2.24, 2.45) is 0 Å². The molecule has 0 radical (unpaired) electrons. The Morgan fingerprint density at radius 1 is 1.45 bits per heavy atom. The van der Waals surface area contributed by atoms with Crippen molar-refractivity contribution < 1.29 is 19.5 Å². The van der Waals surface area contributed by atoms with Gasteiger partial charge in [-0.15, -0.1) is 0 Å². The second kappa shape index (κ2) is 3.69. The zero-order valence-electron chi connectivity index (χ0n) is 7.24. The largest absolute Gasteiger partial charge is 0.481 e. The Labute approximate surface area is 66.6 Å². The minimum atomic E-state index is -0.953. The van der Waals surface area contributed by atoms with Gasteiger partial charge in [0.1, 0.15) is 12.6 Å². The molecule has 4 nitrogen and oxygen atoms in total. The van der Waals surface area contributed by atoms with Gasteiger partial charge in [-0.2, -0.15) is 0 Å². The van der Waals surface area contributed by atoms with E-state index in [9.17, 15) is 4.79 Å². The molecule has 4 heteroatoms. The molecule has 0 amide bonds. The van der Waals surface area contributed by atoms with E-state index >= 15 is 0 Å². The van der Waals surface area contributed by atoms with Crippen molar-refractivity contribution in [3.05, 3.63) is 0 Å². The molecule has 0 saturated carbocycles. The van der Waals surface area contributed by atoms with Gasteiger partial charge in [0.05, 0.1) is 27.6 Å². The quantitative estimate of drug-likeness (QED) is 0.558. The number of carbonyl (C=O) groups is 1. The lowest BCUT2D eigenvalue weighted by Gasteiger charge is -2.25. The number of likely N-dealkylation sites (N-methyl/N-ethyl adjacent to an activating group) is 1. The fourth-order valence-corrected chi connectivity index (χ4v) is 0.898. The van der Waals surface area contributed by atoms with Gasteiger partial charge in [0.25, 0.3) is 0 Å². The molecular weight excluding hydrogens is 152 g/mol. The Bertz CT molecular complexity index is 139. The molecule has 0 aromatic rings. The van der Waals surface area contributed by atoms with Crippen molar-refractivity contribution in [1.29, 1.82) is 0 Å². The maximum absolute atomic E-state index is 10.1. The molecule has 0 aromatic heterocycles. The summed E-state index contributed by atoms with van der Waals surface area (Å²) in [5, 5.41) is 17.5. The van der Waals surface area contributed by atoms with Crippen LogP contribution < -0.4 is 0 Å². The molecule has 11 heavy (non-hydrogen) atoms. The minimum Gasteiger partial charge on any atom is -0.481 e. The SMILES string of the molecule is [14CH3][N+]([14CH3])([14CH3])C[C@H](O)CC(=O)O. The van der Waals surface area contributed by atoms with E-state index in [-0.39, 0.29) is 6.42 Å². The summed E-state index contributed by atoms with van der Waals surface area (Å²) >= 11 is 0. The lowest BCUT2D eigenvalue weighted by atomic mass is 10.2. The van der Waals surface area contributed by atoms with Gasteiger partial charge in [-0.05, 0) is 0 Å². The third kappa shape index (κ3) is 7.29. The first kappa shape index (κ1) is 10.4. The van der Waals surface area contributed by atoms with E-state index in [1.807, 2.05) is 21.1 Å². The van der Waals surface area contributed by atoms with Gasteiger partial charge < -0.3 is 14.7 Å². The van der Waals surface area contributed by atoms with Gasteiger partial charge in [0.15, 0.2) is 0 Å². The minimum absolute atomic E-state index is 0.171. The first-order valence-electron chi connectivity index (χ1n) is 3.51. The molecule has 0 aliphatic carbocycles. The lowest BCUT2D eigenvalue weighted by molar-refractivity contribution is -0.873. The van der Waals surface area contributed by atoms with E-state index in [4.69, 9.17) is 10.2 Å². The van der Waals surface area contributed by atoms with E-state index in [0.717, 1.165) is 0 Å². The van der Waals surface area contributed by atoms with Gasteiger partial charge in [0, 0.05) is 0 Å². The lowest BCUT2D eigenvalue weighted by Crippen LogP contribution is -2.42. The maximum atomic E-state index is 10.1. The Kier molecular flexibility index (Phi) is 3.48. The van der Waals surface area contributed by atoms with Crippen LogP contribution in [0.2, 0.25) is 0 Å². The van der Waals surface area contributed by atoms with Gasteiger partial charge in [0.2, 0.25) is 0 Å². The number of aliphatic hydroxyl groups is 1. The highest BCUT2D eigenvalue weighted by atomic mass is 16.4. The van der Waals surface area contributed by atoms with Crippen molar-refractivity contribution >= 4 is 5.97 Å². The summed E-state index contributed by atoms with van der Waals surface area (Å²) < 4.78 is 0.578. The van der Waals surface area contributed by atoms with Crippen LogP contribution in [0.4, 0.5) is 0 Å². The molecule has 0 saturated heterocycles. The summed E-state index contributed by atoms with van der Waals surface area (Å²) in [5.41, 5.74) is 0. The second-order valence-electron chi connectivity index (χ2n) is 3.72. The van der Waals surface area contributed by atoms with Gasteiger partial charge in [-0.3, -0.25) is 4.79 Å². The summed E-state index contributed by atoms with van der Waals surface area (Å²) in [4.78, 5) is 10.1. The zero-order valence-corrected chi connectivity index (χ0v) is 7.24. The van der Waals surface area contributed by atoms with Crippen LogP contribution >= 0.6 is 0 Å². The Morgan fingerprint density at radius 2 is 1.91 bits per heavy atom. The molecule has 0 aliphatic heterocycles. The van der Waals surface area contributed by atoms with Gasteiger partial charge >= 0.3 is 5.97 Å². The smallest absolute Gasteiger partial charge is 0.306 e. The van der Waals surface area contributed by atoms with Crippen molar-refractivity contribution in [1.82, 2.24) is 0 Å². The van der Waals surface area contributed by atoms with Crippen LogP contribution in [-0.4, -0.2) is 54.5 Å². The highest BCUT2D eigenvalue weighted by Gasteiger charge is 2.17. The molecule has 0 bridgehead atoms. The normalized spacial score (nSPS) is 14.5. The Hall–Kier alpha value is -0.610. The molecule has 0 spiro atoms. The molecular formula is C7H16NO3+. The standard InChI is InChI=1S/C7H15NO3/c1-8(2,3)5-6(9)4-7(10)11/h6,9H,4-5H2,1-3H3/p+1/t6-/m1/s1/i1+2,2+2,3+2.